The molecule has 0 aromatic heterocycles. The van der Waals surface area contributed by atoms with Crippen molar-refractivity contribution in [1.29, 1.82) is 0 Å². The van der Waals surface area contributed by atoms with E-state index in [2.05, 4.69) is 21.2 Å². The minimum Gasteiger partial charge on any atom is -0.484 e. The predicted octanol–water partition coefficient (Wildman–Crippen LogP) is 7.47. The van der Waals surface area contributed by atoms with Crippen LogP contribution in [0, 0.1) is 13.8 Å². The van der Waals surface area contributed by atoms with E-state index < -0.39 is 0 Å². The fourth-order valence-corrected chi connectivity index (χ4v) is 5.57. The third kappa shape index (κ3) is 6.24. The van der Waals surface area contributed by atoms with Gasteiger partial charge < -0.3 is 10.1 Å². The van der Waals surface area contributed by atoms with Crippen LogP contribution >= 0.6 is 27.7 Å². The molecular formula is C31H25BrN2O4S. The average molecular weight is 602 g/mol. The number of carbonyl (C=O) groups is 3. The van der Waals surface area contributed by atoms with Gasteiger partial charge in [0.25, 0.3) is 17.1 Å². The molecule has 4 aromatic rings. The molecule has 1 saturated heterocycles. The molecule has 8 heteroatoms. The average Bonchev–Trinajstić information content (AvgIpc) is 3.18. The number of rotatable bonds is 7. The number of hydrogen-bond donors (Lipinski definition) is 1. The monoisotopic (exact) mass is 600 g/mol. The maximum atomic E-state index is 13.0. The van der Waals surface area contributed by atoms with Crippen molar-refractivity contribution < 1.29 is 19.1 Å². The Morgan fingerprint density at radius 3 is 2.44 bits per heavy atom. The Kier molecular flexibility index (Phi) is 7.86. The summed E-state index contributed by atoms with van der Waals surface area (Å²) in [6.07, 6.45) is 1.69. The molecule has 1 aliphatic heterocycles. The van der Waals surface area contributed by atoms with Crippen LogP contribution in [0.15, 0.2) is 88.2 Å². The van der Waals surface area contributed by atoms with Crippen LogP contribution in [-0.4, -0.2) is 28.6 Å². The Morgan fingerprint density at radius 2 is 1.67 bits per heavy atom. The zero-order chi connectivity index (χ0) is 27.5. The first-order valence-electron chi connectivity index (χ1n) is 12.3. The van der Waals surface area contributed by atoms with Gasteiger partial charge >= 0.3 is 0 Å². The zero-order valence-corrected chi connectivity index (χ0v) is 23.8. The number of halogens is 1. The number of amides is 3. The minimum atomic E-state index is -0.312. The molecule has 0 saturated carbocycles. The molecule has 4 aromatic carbocycles. The highest BCUT2D eigenvalue weighted by Gasteiger charge is 2.35. The SMILES string of the molecule is Cc1cc(Br)c(NC(=O)COc2ccc(/C=C3\SC(=O)N(Cc4ccc5ccccc5c4)C3=O)cc2)cc1C. The van der Waals surface area contributed by atoms with E-state index in [1.54, 1.807) is 30.3 Å². The quantitative estimate of drug-likeness (QED) is 0.223. The maximum Gasteiger partial charge on any atom is 0.293 e. The number of anilines is 1. The first-order valence-corrected chi connectivity index (χ1v) is 13.9. The number of imide groups is 1. The number of thioether (sulfide) groups is 1. The number of ether oxygens (including phenoxy) is 1. The van der Waals surface area contributed by atoms with Crippen molar-refractivity contribution in [2.24, 2.45) is 0 Å². The van der Waals surface area contributed by atoms with Gasteiger partial charge in [-0.2, -0.15) is 0 Å². The maximum absolute atomic E-state index is 13.0. The van der Waals surface area contributed by atoms with Gasteiger partial charge in [-0.3, -0.25) is 19.3 Å². The fraction of sp³-hybridized carbons (Fsp3) is 0.129. The first kappa shape index (κ1) is 26.7. The molecule has 5 rings (SSSR count). The van der Waals surface area contributed by atoms with Crippen LogP contribution in [-0.2, 0) is 16.1 Å². The van der Waals surface area contributed by atoms with E-state index in [1.165, 1.54) is 4.90 Å². The molecule has 0 spiro atoms. The van der Waals surface area contributed by atoms with Gasteiger partial charge in [-0.1, -0.05) is 48.5 Å². The van der Waals surface area contributed by atoms with Crippen LogP contribution in [0.3, 0.4) is 0 Å². The Balaban J connectivity index is 1.19. The van der Waals surface area contributed by atoms with Crippen molar-refractivity contribution in [1.82, 2.24) is 4.90 Å². The van der Waals surface area contributed by atoms with Crippen molar-refractivity contribution in [2.75, 3.05) is 11.9 Å². The number of hydrogen-bond acceptors (Lipinski definition) is 5. The number of aryl methyl sites for hydroxylation is 2. The highest BCUT2D eigenvalue weighted by atomic mass is 79.9. The molecule has 1 aliphatic rings. The molecule has 1 N–H and O–H groups in total. The smallest absolute Gasteiger partial charge is 0.293 e. The van der Waals surface area contributed by atoms with Gasteiger partial charge in [0.1, 0.15) is 5.75 Å². The summed E-state index contributed by atoms with van der Waals surface area (Å²) in [5.74, 6) is -0.0679. The summed E-state index contributed by atoms with van der Waals surface area (Å²) in [5.41, 5.74) is 4.55. The zero-order valence-electron chi connectivity index (χ0n) is 21.4. The third-order valence-corrected chi connectivity index (χ3v) is 8.00. The molecule has 1 fully saturated rings. The number of nitrogens with one attached hydrogen (secondary N) is 1. The standard InChI is InChI=1S/C31H25BrN2O4S/c1-19-13-26(32)27(14-20(19)2)33-29(35)18-38-25-11-8-21(9-12-25)16-28-30(36)34(31(37)39-28)17-22-7-10-23-5-3-4-6-24(23)15-22/h3-16H,17-18H2,1-2H3,(H,33,35)/b28-16-. The second kappa shape index (κ2) is 11.5. The van der Waals surface area contributed by atoms with Crippen molar-refractivity contribution in [3.8, 4) is 5.75 Å². The molecule has 6 nitrogen and oxygen atoms in total. The largest absolute Gasteiger partial charge is 0.484 e. The molecular weight excluding hydrogens is 576 g/mol. The van der Waals surface area contributed by atoms with Gasteiger partial charge in [0.15, 0.2) is 6.61 Å². The van der Waals surface area contributed by atoms with E-state index in [0.29, 0.717) is 16.3 Å². The Bertz CT molecular complexity index is 1630. The van der Waals surface area contributed by atoms with Crippen LogP contribution in [0.4, 0.5) is 10.5 Å². The van der Waals surface area contributed by atoms with E-state index in [-0.39, 0.29) is 30.2 Å². The molecule has 0 atom stereocenters. The second-order valence-electron chi connectivity index (χ2n) is 9.27. The highest BCUT2D eigenvalue weighted by Crippen LogP contribution is 2.34. The van der Waals surface area contributed by atoms with Crippen LogP contribution in [0.5, 0.6) is 5.75 Å². The molecule has 0 aliphatic carbocycles. The molecule has 196 valence electrons. The summed E-state index contributed by atoms with van der Waals surface area (Å²) in [6, 6.07) is 24.8. The van der Waals surface area contributed by atoms with Crippen LogP contribution in [0.2, 0.25) is 0 Å². The van der Waals surface area contributed by atoms with Crippen molar-refractivity contribution in [2.45, 2.75) is 20.4 Å². The normalized spacial score (nSPS) is 14.3. The van der Waals surface area contributed by atoms with Crippen LogP contribution in [0.1, 0.15) is 22.3 Å². The van der Waals surface area contributed by atoms with E-state index in [0.717, 1.165) is 49.3 Å². The number of nitrogens with zero attached hydrogens (tertiary/aromatic N) is 1. The van der Waals surface area contributed by atoms with E-state index in [9.17, 15) is 14.4 Å². The lowest BCUT2D eigenvalue weighted by Gasteiger charge is -2.13. The molecule has 0 radical (unpaired) electrons. The Labute approximate surface area is 239 Å². The van der Waals surface area contributed by atoms with Crippen LogP contribution < -0.4 is 10.1 Å². The van der Waals surface area contributed by atoms with Crippen LogP contribution in [0.25, 0.3) is 16.8 Å². The molecule has 0 unspecified atom stereocenters. The molecule has 3 amide bonds. The van der Waals surface area contributed by atoms with Gasteiger partial charge in [-0.15, -0.1) is 0 Å². The minimum absolute atomic E-state index is 0.146. The summed E-state index contributed by atoms with van der Waals surface area (Å²) >= 11 is 4.41. The summed E-state index contributed by atoms with van der Waals surface area (Å²) in [7, 11) is 0. The van der Waals surface area contributed by atoms with Crippen molar-refractivity contribution >= 4 is 67.3 Å². The number of fused-ring (bicyclic) bond motifs is 1. The molecule has 39 heavy (non-hydrogen) atoms. The topological polar surface area (TPSA) is 75.7 Å². The number of benzene rings is 4. The summed E-state index contributed by atoms with van der Waals surface area (Å²) in [6.45, 7) is 4.07. The van der Waals surface area contributed by atoms with Gasteiger partial charge in [0.2, 0.25) is 0 Å². The van der Waals surface area contributed by atoms with Gasteiger partial charge in [0.05, 0.1) is 17.1 Å². The summed E-state index contributed by atoms with van der Waals surface area (Å²) in [4.78, 5) is 39.6. The summed E-state index contributed by atoms with van der Waals surface area (Å²) < 4.78 is 6.44. The lowest BCUT2D eigenvalue weighted by molar-refractivity contribution is -0.123. The van der Waals surface area contributed by atoms with E-state index in [1.807, 2.05) is 68.4 Å². The molecule has 1 heterocycles. The lowest BCUT2D eigenvalue weighted by Crippen LogP contribution is -2.27. The van der Waals surface area contributed by atoms with Gasteiger partial charge in [-0.25, -0.2) is 0 Å². The Hall–Kier alpha value is -3.88. The van der Waals surface area contributed by atoms with Gasteiger partial charge in [-0.05, 0) is 111 Å². The lowest BCUT2D eigenvalue weighted by atomic mass is 10.1. The van der Waals surface area contributed by atoms with Crippen molar-refractivity contribution in [3.63, 3.8) is 0 Å². The molecule has 0 bridgehead atoms. The third-order valence-electron chi connectivity index (χ3n) is 6.43. The van der Waals surface area contributed by atoms with E-state index >= 15 is 0 Å². The second-order valence-corrected chi connectivity index (χ2v) is 11.1. The predicted molar refractivity (Wildman–Crippen MR) is 160 cm³/mol. The summed E-state index contributed by atoms with van der Waals surface area (Å²) in [5, 5.41) is 4.73. The van der Waals surface area contributed by atoms with Crippen molar-refractivity contribution in [3.05, 3.63) is 110 Å². The number of carbonyl (C=O) groups excluding carboxylic acids is 3. The fourth-order valence-electron chi connectivity index (χ4n) is 4.18. The highest BCUT2D eigenvalue weighted by molar-refractivity contribution is 9.10. The first-order chi connectivity index (χ1) is 18.8. The Morgan fingerprint density at radius 1 is 0.949 bits per heavy atom. The van der Waals surface area contributed by atoms with Gasteiger partial charge in [0, 0.05) is 4.47 Å². The van der Waals surface area contributed by atoms with E-state index in [4.69, 9.17) is 4.74 Å².